The average Bonchev–Trinajstić information content (AvgIpc) is 2.76. The third-order valence-corrected chi connectivity index (χ3v) is 4.83. The lowest BCUT2D eigenvalue weighted by Crippen LogP contribution is -2.32. The van der Waals surface area contributed by atoms with Crippen molar-refractivity contribution < 1.29 is 17.2 Å². The fraction of sp³-hybridized carbons (Fsp3) is 0.545. The van der Waals surface area contributed by atoms with Crippen LogP contribution in [0.5, 0.6) is 0 Å². The molecule has 1 heterocycles. The summed E-state index contributed by atoms with van der Waals surface area (Å²) in [5.41, 5.74) is -0.735. The van der Waals surface area contributed by atoms with Gasteiger partial charge in [0, 0.05) is 25.4 Å². The molecule has 0 radical (unpaired) electrons. The van der Waals surface area contributed by atoms with Crippen LogP contribution in [0.1, 0.15) is 18.9 Å². The molecular formula is C11H14F2N2O2S. The first-order valence-corrected chi connectivity index (χ1v) is 6.94. The predicted octanol–water partition coefficient (Wildman–Crippen LogP) is 1.71. The number of aryl methyl sites for hydroxylation is 1. The van der Waals surface area contributed by atoms with Gasteiger partial charge in [-0.05, 0) is 18.6 Å². The molecule has 2 rings (SSSR count). The van der Waals surface area contributed by atoms with Gasteiger partial charge >= 0.3 is 0 Å². The van der Waals surface area contributed by atoms with Crippen LogP contribution in [0, 0.1) is 12.3 Å². The van der Waals surface area contributed by atoms with Crippen molar-refractivity contribution in [2.75, 3.05) is 6.54 Å². The molecule has 0 saturated heterocycles. The average molecular weight is 276 g/mol. The number of sulfonamides is 1. The van der Waals surface area contributed by atoms with Crippen LogP contribution in [0.25, 0.3) is 0 Å². The molecular weight excluding hydrogens is 262 g/mol. The summed E-state index contributed by atoms with van der Waals surface area (Å²) in [6.07, 6.45) is 2.41. The van der Waals surface area contributed by atoms with Crippen molar-refractivity contribution in [1.82, 2.24) is 9.71 Å². The molecule has 1 aliphatic carbocycles. The lowest BCUT2D eigenvalue weighted by Gasteiger charge is -2.12. The SMILES string of the molecule is Cc1ccncc1S(=O)(=O)NCC1(C)CC1(F)F. The second-order valence-electron chi connectivity index (χ2n) is 4.91. The Balaban J connectivity index is 2.13. The summed E-state index contributed by atoms with van der Waals surface area (Å²) in [7, 11) is -3.78. The van der Waals surface area contributed by atoms with Crippen molar-refractivity contribution in [2.45, 2.75) is 31.1 Å². The fourth-order valence-electron chi connectivity index (χ4n) is 1.70. The number of hydrogen-bond acceptors (Lipinski definition) is 3. The number of hydrogen-bond donors (Lipinski definition) is 1. The molecule has 1 aromatic heterocycles. The molecule has 0 spiro atoms. The van der Waals surface area contributed by atoms with E-state index in [0.717, 1.165) is 0 Å². The zero-order chi connectivity index (χ0) is 13.6. The number of nitrogens with zero attached hydrogens (tertiary/aromatic N) is 1. The maximum Gasteiger partial charge on any atom is 0.255 e. The van der Waals surface area contributed by atoms with E-state index >= 15 is 0 Å². The Kier molecular flexibility index (Phi) is 2.94. The lowest BCUT2D eigenvalue weighted by molar-refractivity contribution is 0.0717. The number of halogens is 2. The second kappa shape index (κ2) is 3.96. The maximum absolute atomic E-state index is 13.0. The number of alkyl halides is 2. The zero-order valence-corrected chi connectivity index (χ0v) is 10.9. The molecule has 1 aromatic rings. The van der Waals surface area contributed by atoms with Crippen LogP contribution in [-0.4, -0.2) is 25.9 Å². The molecule has 1 saturated carbocycles. The highest BCUT2D eigenvalue weighted by atomic mass is 32.2. The van der Waals surface area contributed by atoms with E-state index in [9.17, 15) is 17.2 Å². The molecule has 1 unspecified atom stereocenters. The molecule has 0 aliphatic heterocycles. The van der Waals surface area contributed by atoms with Gasteiger partial charge in [0.05, 0.1) is 5.41 Å². The highest BCUT2D eigenvalue weighted by Gasteiger charge is 2.67. The standard InChI is InChI=1S/C11H14F2N2O2S/c1-8-3-4-14-5-9(8)18(16,17)15-7-10(2)6-11(10,12)13/h3-5,15H,6-7H2,1-2H3. The van der Waals surface area contributed by atoms with Gasteiger partial charge in [-0.15, -0.1) is 0 Å². The van der Waals surface area contributed by atoms with Crippen molar-refractivity contribution >= 4 is 10.0 Å². The minimum absolute atomic E-state index is 0.0255. The first-order chi connectivity index (χ1) is 8.18. The van der Waals surface area contributed by atoms with Crippen LogP contribution in [-0.2, 0) is 10.0 Å². The van der Waals surface area contributed by atoms with E-state index < -0.39 is 21.4 Å². The zero-order valence-electron chi connectivity index (χ0n) is 10.1. The topological polar surface area (TPSA) is 59.1 Å². The second-order valence-corrected chi connectivity index (χ2v) is 6.64. The minimum atomic E-state index is -3.78. The summed E-state index contributed by atoms with van der Waals surface area (Å²) in [5.74, 6) is -2.78. The summed E-state index contributed by atoms with van der Waals surface area (Å²) in [5, 5.41) is 0. The van der Waals surface area contributed by atoms with Gasteiger partial charge in [-0.25, -0.2) is 21.9 Å². The number of pyridine rings is 1. The molecule has 0 amide bonds. The van der Waals surface area contributed by atoms with E-state index in [1.165, 1.54) is 19.3 Å². The summed E-state index contributed by atoms with van der Waals surface area (Å²) in [6.45, 7) is 2.73. The van der Waals surface area contributed by atoms with E-state index in [1.54, 1.807) is 13.0 Å². The molecule has 1 fully saturated rings. The smallest absolute Gasteiger partial charge is 0.255 e. The van der Waals surface area contributed by atoms with Crippen molar-refractivity contribution in [3.8, 4) is 0 Å². The fourth-order valence-corrected chi connectivity index (χ4v) is 3.06. The maximum atomic E-state index is 13.0. The number of rotatable bonds is 4. The van der Waals surface area contributed by atoms with Gasteiger partial charge in [-0.3, -0.25) is 4.98 Å². The van der Waals surface area contributed by atoms with E-state index in [2.05, 4.69) is 9.71 Å². The molecule has 4 nitrogen and oxygen atoms in total. The Morgan fingerprint density at radius 1 is 1.50 bits per heavy atom. The first-order valence-electron chi connectivity index (χ1n) is 5.46. The molecule has 1 atom stereocenters. The highest BCUT2D eigenvalue weighted by Crippen LogP contribution is 2.59. The molecule has 7 heteroatoms. The van der Waals surface area contributed by atoms with Gasteiger partial charge in [-0.1, -0.05) is 6.92 Å². The molecule has 0 bridgehead atoms. The monoisotopic (exact) mass is 276 g/mol. The van der Waals surface area contributed by atoms with Gasteiger partial charge in [0.15, 0.2) is 0 Å². The Bertz CT molecular complexity index is 574. The van der Waals surface area contributed by atoms with E-state index in [1.807, 2.05) is 0 Å². The summed E-state index contributed by atoms with van der Waals surface area (Å²) < 4.78 is 52.1. The summed E-state index contributed by atoms with van der Waals surface area (Å²) in [4.78, 5) is 3.76. The molecule has 18 heavy (non-hydrogen) atoms. The summed E-state index contributed by atoms with van der Waals surface area (Å²) >= 11 is 0. The Hall–Kier alpha value is -1.08. The number of aromatic nitrogens is 1. The van der Waals surface area contributed by atoms with Crippen molar-refractivity contribution in [3.63, 3.8) is 0 Å². The van der Waals surface area contributed by atoms with Crippen LogP contribution in [0.3, 0.4) is 0 Å². The first kappa shape index (κ1) is 13.4. The Labute approximate surface area is 104 Å². The highest BCUT2D eigenvalue weighted by molar-refractivity contribution is 7.89. The lowest BCUT2D eigenvalue weighted by atomic mass is 10.1. The number of nitrogens with one attached hydrogen (secondary N) is 1. The van der Waals surface area contributed by atoms with Crippen LogP contribution >= 0.6 is 0 Å². The van der Waals surface area contributed by atoms with Gasteiger partial charge in [0.1, 0.15) is 4.90 Å². The van der Waals surface area contributed by atoms with Gasteiger partial charge < -0.3 is 0 Å². The predicted molar refractivity (Wildman–Crippen MR) is 61.8 cm³/mol. The normalized spacial score (nSPS) is 26.0. The van der Waals surface area contributed by atoms with Crippen molar-refractivity contribution in [1.29, 1.82) is 0 Å². The van der Waals surface area contributed by atoms with E-state index in [0.29, 0.717) is 5.56 Å². The van der Waals surface area contributed by atoms with Gasteiger partial charge in [0.2, 0.25) is 10.0 Å². The van der Waals surface area contributed by atoms with Gasteiger partial charge in [0.25, 0.3) is 5.92 Å². The third-order valence-electron chi connectivity index (χ3n) is 3.30. The quantitative estimate of drug-likeness (QED) is 0.910. The Morgan fingerprint density at radius 2 is 2.11 bits per heavy atom. The van der Waals surface area contributed by atoms with Crippen LogP contribution in [0.15, 0.2) is 23.4 Å². The van der Waals surface area contributed by atoms with Gasteiger partial charge in [-0.2, -0.15) is 0 Å². The molecule has 1 aliphatic rings. The summed E-state index contributed by atoms with van der Waals surface area (Å²) in [6, 6.07) is 1.56. The largest absolute Gasteiger partial charge is 0.263 e. The van der Waals surface area contributed by atoms with E-state index in [-0.39, 0.29) is 17.9 Å². The Morgan fingerprint density at radius 3 is 2.61 bits per heavy atom. The minimum Gasteiger partial charge on any atom is -0.263 e. The van der Waals surface area contributed by atoms with E-state index in [4.69, 9.17) is 0 Å². The van der Waals surface area contributed by atoms with Crippen LogP contribution in [0.4, 0.5) is 8.78 Å². The van der Waals surface area contributed by atoms with Crippen LogP contribution in [0.2, 0.25) is 0 Å². The molecule has 1 N–H and O–H groups in total. The third kappa shape index (κ3) is 2.24. The molecule has 0 aromatic carbocycles. The molecule has 100 valence electrons. The van der Waals surface area contributed by atoms with Crippen molar-refractivity contribution in [3.05, 3.63) is 24.0 Å². The van der Waals surface area contributed by atoms with Crippen molar-refractivity contribution in [2.24, 2.45) is 5.41 Å². The van der Waals surface area contributed by atoms with Crippen LogP contribution < -0.4 is 4.72 Å².